The van der Waals surface area contributed by atoms with Crippen LogP contribution in [0.4, 0.5) is 11.4 Å². The number of carbonyl (C=O) groups is 2. The Labute approximate surface area is 159 Å². The van der Waals surface area contributed by atoms with Gasteiger partial charge in [0.05, 0.1) is 31.5 Å². The number of carbonyl (C=O) groups excluding carboxylic acids is 2. The largest absolute Gasteiger partial charge is 0.324 e. The lowest BCUT2D eigenvalue weighted by Crippen LogP contribution is -2.18. The topological polar surface area (TPSA) is 58.2 Å². The summed E-state index contributed by atoms with van der Waals surface area (Å²) in [6, 6.07) is 9.76. The quantitative estimate of drug-likeness (QED) is 0.674. The Kier molecular flexibility index (Phi) is 6.75. The first-order chi connectivity index (χ1) is 11.4. The Morgan fingerprint density at radius 2 is 0.958 bits per heavy atom. The van der Waals surface area contributed by atoms with Gasteiger partial charge in [0.15, 0.2) is 0 Å². The molecule has 0 unspecified atom stereocenters. The maximum Gasteiger partial charge on any atom is 0.224 e. The molecule has 24 heavy (non-hydrogen) atoms. The first-order valence-electron chi connectivity index (χ1n) is 6.86. The zero-order valence-corrected chi connectivity index (χ0v) is 15.2. The van der Waals surface area contributed by atoms with Gasteiger partial charge in [0, 0.05) is 12.8 Å². The molecule has 8 heteroatoms. The van der Waals surface area contributed by atoms with Gasteiger partial charge in [-0.2, -0.15) is 0 Å². The van der Waals surface area contributed by atoms with Gasteiger partial charge in [-0.05, 0) is 24.3 Å². The molecule has 0 saturated heterocycles. The molecule has 2 amide bonds. The van der Waals surface area contributed by atoms with Crippen molar-refractivity contribution in [2.75, 3.05) is 10.6 Å². The van der Waals surface area contributed by atoms with E-state index in [4.69, 9.17) is 46.4 Å². The fourth-order valence-electron chi connectivity index (χ4n) is 1.87. The van der Waals surface area contributed by atoms with Crippen molar-refractivity contribution < 1.29 is 9.59 Å². The smallest absolute Gasteiger partial charge is 0.224 e. The van der Waals surface area contributed by atoms with Crippen molar-refractivity contribution in [2.24, 2.45) is 0 Å². The summed E-state index contributed by atoms with van der Waals surface area (Å²) < 4.78 is 0. The summed E-state index contributed by atoms with van der Waals surface area (Å²) >= 11 is 23.9. The van der Waals surface area contributed by atoms with Gasteiger partial charge in [0.1, 0.15) is 0 Å². The number of hydrogen-bond acceptors (Lipinski definition) is 2. The molecule has 0 atom stereocenters. The number of amides is 2. The second-order valence-corrected chi connectivity index (χ2v) is 6.42. The van der Waals surface area contributed by atoms with E-state index in [1.54, 1.807) is 36.4 Å². The van der Waals surface area contributed by atoms with Crippen LogP contribution in [0.2, 0.25) is 20.1 Å². The number of hydrogen-bond donors (Lipinski definition) is 2. The van der Waals surface area contributed by atoms with Gasteiger partial charge in [-0.1, -0.05) is 58.5 Å². The molecule has 2 N–H and O–H groups in total. The van der Waals surface area contributed by atoms with E-state index >= 15 is 0 Å². The summed E-state index contributed by atoms with van der Waals surface area (Å²) in [5.74, 6) is -0.768. The van der Waals surface area contributed by atoms with E-state index in [1.807, 2.05) is 0 Å². The maximum atomic E-state index is 11.9. The third-order valence-electron chi connectivity index (χ3n) is 3.03. The lowest BCUT2D eigenvalue weighted by atomic mass is 10.2. The van der Waals surface area contributed by atoms with Crippen molar-refractivity contribution in [2.45, 2.75) is 12.8 Å². The number of benzene rings is 2. The summed E-state index contributed by atoms with van der Waals surface area (Å²) in [5, 5.41) is 6.46. The lowest BCUT2D eigenvalue weighted by Gasteiger charge is -2.10. The molecule has 0 aromatic heterocycles. The molecular formula is C16H12Cl4N2O2. The van der Waals surface area contributed by atoms with Crippen LogP contribution in [0.25, 0.3) is 0 Å². The van der Waals surface area contributed by atoms with E-state index in [2.05, 4.69) is 10.6 Å². The highest BCUT2D eigenvalue weighted by Gasteiger charge is 2.13. The standard InChI is InChI=1S/C16H12Cl4N2O2/c17-9-3-1-4-10(18)15(9)21-13(23)7-8-14(24)22-16-11(19)5-2-6-12(16)20/h1-6H,7-8H2,(H,21,23)(H,22,24). The zero-order chi connectivity index (χ0) is 17.7. The minimum Gasteiger partial charge on any atom is -0.324 e. The molecular weight excluding hydrogens is 394 g/mol. The second-order valence-electron chi connectivity index (χ2n) is 4.79. The molecule has 0 bridgehead atoms. The second kappa shape index (κ2) is 8.58. The fraction of sp³-hybridized carbons (Fsp3) is 0.125. The van der Waals surface area contributed by atoms with Crippen LogP contribution in [0.15, 0.2) is 36.4 Å². The van der Waals surface area contributed by atoms with Crippen molar-refractivity contribution in [3.63, 3.8) is 0 Å². The molecule has 0 aliphatic rings. The molecule has 0 heterocycles. The normalized spacial score (nSPS) is 10.3. The third kappa shape index (κ3) is 5.02. The Hall–Kier alpha value is -1.46. The van der Waals surface area contributed by atoms with E-state index in [0.717, 1.165) is 0 Å². The van der Waals surface area contributed by atoms with Gasteiger partial charge in [0.25, 0.3) is 0 Å². The summed E-state index contributed by atoms with van der Waals surface area (Å²) in [6.45, 7) is 0. The molecule has 2 aromatic carbocycles. The summed E-state index contributed by atoms with van der Waals surface area (Å²) in [6.07, 6.45) is -0.0923. The van der Waals surface area contributed by atoms with E-state index in [-0.39, 0.29) is 24.7 Å². The molecule has 4 nitrogen and oxygen atoms in total. The van der Waals surface area contributed by atoms with Crippen LogP contribution in [-0.2, 0) is 9.59 Å². The van der Waals surface area contributed by atoms with Crippen LogP contribution in [-0.4, -0.2) is 11.8 Å². The molecule has 0 radical (unpaired) electrons. The first kappa shape index (κ1) is 18.9. The van der Waals surface area contributed by atoms with Crippen LogP contribution < -0.4 is 10.6 Å². The summed E-state index contributed by atoms with van der Waals surface area (Å²) in [4.78, 5) is 23.9. The van der Waals surface area contributed by atoms with Crippen LogP contribution in [0.5, 0.6) is 0 Å². The summed E-state index contributed by atoms with van der Waals surface area (Å²) in [5.41, 5.74) is 0.640. The Bertz CT molecular complexity index is 675. The van der Waals surface area contributed by atoms with Crippen molar-refractivity contribution >= 4 is 69.6 Å². The highest BCUT2D eigenvalue weighted by atomic mass is 35.5. The summed E-state index contributed by atoms with van der Waals surface area (Å²) in [7, 11) is 0. The highest BCUT2D eigenvalue weighted by molar-refractivity contribution is 6.40. The third-order valence-corrected chi connectivity index (χ3v) is 4.29. The molecule has 0 aliphatic carbocycles. The average Bonchev–Trinajstić information content (AvgIpc) is 2.53. The van der Waals surface area contributed by atoms with Gasteiger partial charge in [-0.3, -0.25) is 9.59 Å². The van der Waals surface area contributed by atoms with Crippen LogP contribution >= 0.6 is 46.4 Å². The minimum atomic E-state index is -0.384. The predicted octanol–water partition coefficient (Wildman–Crippen LogP) is 5.66. The molecule has 2 aromatic rings. The number of nitrogens with one attached hydrogen (secondary N) is 2. The first-order valence-corrected chi connectivity index (χ1v) is 8.37. The number of rotatable bonds is 5. The Morgan fingerprint density at radius 3 is 1.25 bits per heavy atom. The Balaban J connectivity index is 1.91. The zero-order valence-electron chi connectivity index (χ0n) is 12.2. The van der Waals surface area contributed by atoms with Gasteiger partial charge in [-0.15, -0.1) is 0 Å². The van der Waals surface area contributed by atoms with Crippen molar-refractivity contribution in [3.05, 3.63) is 56.5 Å². The van der Waals surface area contributed by atoms with Crippen molar-refractivity contribution in [1.82, 2.24) is 0 Å². The molecule has 0 aliphatic heterocycles. The van der Waals surface area contributed by atoms with Gasteiger partial charge >= 0.3 is 0 Å². The Morgan fingerprint density at radius 1 is 0.667 bits per heavy atom. The van der Waals surface area contributed by atoms with Crippen LogP contribution in [0.1, 0.15) is 12.8 Å². The molecule has 2 rings (SSSR count). The van der Waals surface area contributed by atoms with Gasteiger partial charge in [0.2, 0.25) is 11.8 Å². The van der Waals surface area contributed by atoms with E-state index < -0.39 is 0 Å². The number of para-hydroxylation sites is 2. The SMILES string of the molecule is O=C(CCC(=O)Nc1c(Cl)cccc1Cl)Nc1c(Cl)cccc1Cl. The van der Waals surface area contributed by atoms with Gasteiger partial charge in [-0.25, -0.2) is 0 Å². The minimum absolute atomic E-state index is 0.0462. The van der Waals surface area contributed by atoms with E-state index in [0.29, 0.717) is 31.5 Å². The van der Waals surface area contributed by atoms with Crippen LogP contribution in [0, 0.1) is 0 Å². The molecule has 0 fully saturated rings. The fourth-order valence-corrected chi connectivity index (χ4v) is 2.85. The monoisotopic (exact) mass is 404 g/mol. The molecule has 126 valence electrons. The number of halogens is 4. The predicted molar refractivity (Wildman–Crippen MR) is 99.4 cm³/mol. The molecule has 0 spiro atoms. The van der Waals surface area contributed by atoms with Crippen molar-refractivity contribution in [3.8, 4) is 0 Å². The lowest BCUT2D eigenvalue weighted by molar-refractivity contribution is -0.121. The number of anilines is 2. The average molecular weight is 406 g/mol. The highest BCUT2D eigenvalue weighted by Crippen LogP contribution is 2.31. The van der Waals surface area contributed by atoms with Crippen molar-refractivity contribution in [1.29, 1.82) is 0 Å². The molecule has 0 saturated carbocycles. The van der Waals surface area contributed by atoms with Gasteiger partial charge < -0.3 is 10.6 Å². The maximum absolute atomic E-state index is 11.9. The van der Waals surface area contributed by atoms with Crippen LogP contribution in [0.3, 0.4) is 0 Å². The van der Waals surface area contributed by atoms with E-state index in [1.165, 1.54) is 0 Å². The van der Waals surface area contributed by atoms with E-state index in [9.17, 15) is 9.59 Å².